The summed E-state index contributed by atoms with van der Waals surface area (Å²) in [6.07, 6.45) is 0. The highest BCUT2D eigenvalue weighted by molar-refractivity contribution is 5.87. The Hall–Kier alpha value is -2.13. The van der Waals surface area contributed by atoms with Gasteiger partial charge in [0, 0.05) is 19.1 Å². The van der Waals surface area contributed by atoms with Crippen LogP contribution < -0.4 is 5.73 Å². The van der Waals surface area contributed by atoms with E-state index in [1.807, 2.05) is 65.6 Å². The van der Waals surface area contributed by atoms with Crippen LogP contribution in [0.25, 0.3) is 0 Å². The molecule has 0 bridgehead atoms. The normalized spacial score (nSPS) is 21.3. The van der Waals surface area contributed by atoms with Gasteiger partial charge in [-0.05, 0) is 17.0 Å². The number of nitrogens with zero attached hydrogens (tertiary/aromatic N) is 1. The van der Waals surface area contributed by atoms with Gasteiger partial charge in [0.1, 0.15) is 0 Å². The first kappa shape index (κ1) is 14.8. The molecule has 0 unspecified atom stereocenters. The molecule has 2 aromatic rings. The van der Waals surface area contributed by atoms with E-state index in [4.69, 9.17) is 5.73 Å². The maximum absolute atomic E-state index is 13.1. The van der Waals surface area contributed by atoms with Crippen molar-refractivity contribution in [2.24, 2.45) is 11.7 Å². The van der Waals surface area contributed by atoms with E-state index in [0.29, 0.717) is 12.5 Å². The second-order valence-electron chi connectivity index (χ2n) is 6.14. The summed E-state index contributed by atoms with van der Waals surface area (Å²) < 4.78 is 0. The van der Waals surface area contributed by atoms with E-state index in [1.54, 1.807) is 0 Å². The third kappa shape index (κ3) is 2.90. The van der Waals surface area contributed by atoms with Crippen LogP contribution in [0.2, 0.25) is 0 Å². The maximum atomic E-state index is 13.1. The molecule has 1 aliphatic rings. The second kappa shape index (κ2) is 6.32. The minimum Gasteiger partial charge on any atom is -0.340 e. The molecule has 1 saturated heterocycles. The predicted molar refractivity (Wildman–Crippen MR) is 88.4 cm³/mol. The van der Waals surface area contributed by atoms with Crippen molar-refractivity contribution in [3.8, 4) is 0 Å². The molecule has 114 valence electrons. The number of rotatable bonds is 3. The summed E-state index contributed by atoms with van der Waals surface area (Å²) in [5.74, 6) is 0.258. The average Bonchev–Trinajstić information content (AvgIpc) is 2.89. The second-order valence-corrected chi connectivity index (χ2v) is 6.14. The largest absolute Gasteiger partial charge is 0.340 e. The topological polar surface area (TPSA) is 46.3 Å². The SMILES string of the molecule is C[C@@H]1CN(C(=O)C(c2ccccc2)c2ccccc2)C[C@H]1N. The summed E-state index contributed by atoms with van der Waals surface area (Å²) in [6, 6.07) is 20.1. The van der Waals surface area contributed by atoms with Gasteiger partial charge in [-0.3, -0.25) is 4.79 Å². The molecule has 1 fully saturated rings. The van der Waals surface area contributed by atoms with Crippen molar-refractivity contribution in [1.82, 2.24) is 4.90 Å². The van der Waals surface area contributed by atoms with Gasteiger partial charge in [-0.1, -0.05) is 67.6 Å². The summed E-state index contributed by atoms with van der Waals surface area (Å²) in [7, 11) is 0. The summed E-state index contributed by atoms with van der Waals surface area (Å²) in [4.78, 5) is 15.0. The number of amides is 1. The summed E-state index contributed by atoms with van der Waals surface area (Å²) in [5, 5.41) is 0. The third-order valence-corrected chi connectivity index (χ3v) is 4.49. The lowest BCUT2D eigenvalue weighted by Gasteiger charge is -2.24. The Kier molecular flexibility index (Phi) is 4.25. The minimum atomic E-state index is -0.250. The maximum Gasteiger partial charge on any atom is 0.234 e. The van der Waals surface area contributed by atoms with Crippen molar-refractivity contribution in [3.05, 3.63) is 71.8 Å². The summed E-state index contributed by atoms with van der Waals surface area (Å²) in [5.41, 5.74) is 8.16. The van der Waals surface area contributed by atoms with Crippen molar-refractivity contribution >= 4 is 5.91 Å². The van der Waals surface area contributed by atoms with Crippen LogP contribution in [0.3, 0.4) is 0 Å². The number of carbonyl (C=O) groups excluding carboxylic acids is 1. The van der Waals surface area contributed by atoms with Crippen molar-refractivity contribution in [2.45, 2.75) is 18.9 Å². The zero-order chi connectivity index (χ0) is 15.5. The lowest BCUT2D eigenvalue weighted by Crippen LogP contribution is -2.35. The summed E-state index contributed by atoms with van der Waals surface area (Å²) >= 11 is 0. The highest BCUT2D eigenvalue weighted by atomic mass is 16.2. The molecular formula is C19H22N2O. The van der Waals surface area contributed by atoms with Gasteiger partial charge in [-0.2, -0.15) is 0 Å². The quantitative estimate of drug-likeness (QED) is 0.946. The molecule has 3 heteroatoms. The van der Waals surface area contributed by atoms with Gasteiger partial charge in [-0.15, -0.1) is 0 Å². The zero-order valence-electron chi connectivity index (χ0n) is 12.9. The van der Waals surface area contributed by atoms with E-state index in [2.05, 4.69) is 6.92 Å². The monoisotopic (exact) mass is 294 g/mol. The van der Waals surface area contributed by atoms with Crippen LogP contribution in [0.15, 0.2) is 60.7 Å². The highest BCUT2D eigenvalue weighted by Gasteiger charge is 2.34. The Morgan fingerprint density at radius 2 is 1.50 bits per heavy atom. The molecule has 0 aromatic heterocycles. The minimum absolute atomic E-state index is 0.0798. The fourth-order valence-corrected chi connectivity index (χ4v) is 3.12. The lowest BCUT2D eigenvalue weighted by atomic mass is 9.90. The molecule has 3 rings (SSSR count). The van der Waals surface area contributed by atoms with Crippen LogP contribution in [0.1, 0.15) is 24.0 Å². The highest BCUT2D eigenvalue weighted by Crippen LogP contribution is 2.29. The number of likely N-dealkylation sites (tertiary alicyclic amines) is 1. The molecule has 2 N–H and O–H groups in total. The number of benzene rings is 2. The van der Waals surface area contributed by atoms with Crippen LogP contribution in [-0.2, 0) is 4.79 Å². The van der Waals surface area contributed by atoms with E-state index in [1.165, 1.54) is 0 Å². The van der Waals surface area contributed by atoms with Crippen LogP contribution in [0, 0.1) is 5.92 Å². The third-order valence-electron chi connectivity index (χ3n) is 4.49. The fourth-order valence-electron chi connectivity index (χ4n) is 3.12. The fraction of sp³-hybridized carbons (Fsp3) is 0.316. The van der Waals surface area contributed by atoms with Gasteiger partial charge in [-0.25, -0.2) is 0 Å². The summed E-state index contributed by atoms with van der Waals surface area (Å²) in [6.45, 7) is 3.50. The van der Waals surface area contributed by atoms with Crippen molar-refractivity contribution in [2.75, 3.05) is 13.1 Å². The Labute approximate surface area is 131 Å². The first-order valence-corrected chi connectivity index (χ1v) is 7.81. The molecule has 3 nitrogen and oxygen atoms in total. The number of hydrogen-bond donors (Lipinski definition) is 1. The molecule has 1 aliphatic heterocycles. The molecule has 0 radical (unpaired) electrons. The van der Waals surface area contributed by atoms with E-state index >= 15 is 0 Å². The van der Waals surface area contributed by atoms with Crippen molar-refractivity contribution in [1.29, 1.82) is 0 Å². The van der Waals surface area contributed by atoms with Crippen LogP contribution >= 0.6 is 0 Å². The average molecular weight is 294 g/mol. The van der Waals surface area contributed by atoms with Crippen molar-refractivity contribution in [3.63, 3.8) is 0 Å². The van der Waals surface area contributed by atoms with E-state index in [-0.39, 0.29) is 17.9 Å². The molecule has 22 heavy (non-hydrogen) atoms. The molecule has 2 atom stereocenters. The van der Waals surface area contributed by atoms with Gasteiger partial charge in [0.05, 0.1) is 5.92 Å². The molecule has 0 spiro atoms. The smallest absolute Gasteiger partial charge is 0.234 e. The molecule has 2 aromatic carbocycles. The number of nitrogens with two attached hydrogens (primary N) is 1. The Morgan fingerprint density at radius 3 is 1.91 bits per heavy atom. The van der Waals surface area contributed by atoms with Crippen LogP contribution in [0.5, 0.6) is 0 Å². The first-order chi connectivity index (χ1) is 10.7. The zero-order valence-corrected chi connectivity index (χ0v) is 12.9. The standard InChI is InChI=1S/C19H22N2O/c1-14-12-21(13-17(14)20)19(22)18(15-8-4-2-5-9-15)16-10-6-3-7-11-16/h2-11,14,17-18H,12-13,20H2,1H3/t14-,17-/m1/s1. The number of carbonyl (C=O) groups is 1. The van der Waals surface area contributed by atoms with Gasteiger partial charge in [0.2, 0.25) is 5.91 Å². The van der Waals surface area contributed by atoms with Gasteiger partial charge >= 0.3 is 0 Å². The Bertz CT molecular complexity index is 577. The van der Waals surface area contributed by atoms with Gasteiger partial charge in [0.25, 0.3) is 0 Å². The predicted octanol–water partition coefficient (Wildman–Crippen LogP) is 2.62. The van der Waals surface area contributed by atoms with E-state index in [9.17, 15) is 4.79 Å². The molecule has 1 amide bonds. The van der Waals surface area contributed by atoms with Crippen LogP contribution in [0.4, 0.5) is 0 Å². The Balaban J connectivity index is 1.94. The van der Waals surface area contributed by atoms with Gasteiger partial charge < -0.3 is 10.6 Å². The van der Waals surface area contributed by atoms with E-state index < -0.39 is 0 Å². The lowest BCUT2D eigenvalue weighted by molar-refractivity contribution is -0.131. The molecule has 0 aliphatic carbocycles. The first-order valence-electron chi connectivity index (χ1n) is 7.81. The van der Waals surface area contributed by atoms with Crippen molar-refractivity contribution < 1.29 is 4.79 Å². The van der Waals surface area contributed by atoms with Crippen LogP contribution in [-0.4, -0.2) is 29.9 Å². The Morgan fingerprint density at radius 1 is 1.00 bits per heavy atom. The van der Waals surface area contributed by atoms with E-state index in [0.717, 1.165) is 17.7 Å². The number of hydrogen-bond acceptors (Lipinski definition) is 2. The van der Waals surface area contributed by atoms with Gasteiger partial charge in [0.15, 0.2) is 0 Å². The molecule has 0 saturated carbocycles. The molecule has 1 heterocycles. The molecular weight excluding hydrogens is 272 g/mol.